The van der Waals surface area contributed by atoms with Crippen LogP contribution >= 0.6 is 11.6 Å². The second kappa shape index (κ2) is 13.0. The van der Waals surface area contributed by atoms with Crippen molar-refractivity contribution in [1.29, 1.82) is 0 Å². The lowest BCUT2D eigenvalue weighted by atomic mass is 10.1. The first-order chi connectivity index (χ1) is 18.8. The number of benzene rings is 1. The van der Waals surface area contributed by atoms with Gasteiger partial charge >= 0.3 is 5.97 Å². The van der Waals surface area contributed by atoms with Crippen LogP contribution in [-0.2, 0) is 22.4 Å². The van der Waals surface area contributed by atoms with Gasteiger partial charge in [-0.1, -0.05) is 49.2 Å². The number of anilines is 2. The van der Waals surface area contributed by atoms with E-state index >= 15 is 0 Å². The Balaban J connectivity index is 1.51. The highest BCUT2D eigenvalue weighted by Gasteiger charge is 2.23. The smallest absolute Gasteiger partial charge is 0.308 e. The SMILES string of the molecule is C=CN(CC(=O)NC1CCCC1)c1nc(Cc2ccc(NC(=O)c3ccccn3)cc2)nc(Cl)c1CC(=O)O. The fourth-order valence-electron chi connectivity index (χ4n) is 4.41. The molecule has 1 aliphatic carbocycles. The minimum Gasteiger partial charge on any atom is -0.481 e. The third-order valence-corrected chi connectivity index (χ3v) is 6.62. The van der Waals surface area contributed by atoms with Crippen LogP contribution < -0.4 is 15.5 Å². The topological polar surface area (TPSA) is 137 Å². The molecule has 202 valence electrons. The number of hydrogen-bond acceptors (Lipinski definition) is 7. The summed E-state index contributed by atoms with van der Waals surface area (Å²) in [5.74, 6) is -1.06. The van der Waals surface area contributed by atoms with Gasteiger partial charge in [-0.15, -0.1) is 0 Å². The number of hydrogen-bond donors (Lipinski definition) is 3. The minimum absolute atomic E-state index is 0.000282. The van der Waals surface area contributed by atoms with Crippen molar-refractivity contribution in [2.24, 2.45) is 0 Å². The molecule has 10 nitrogen and oxygen atoms in total. The van der Waals surface area contributed by atoms with Crippen LogP contribution in [0, 0.1) is 0 Å². The molecule has 0 saturated heterocycles. The first kappa shape index (κ1) is 27.7. The van der Waals surface area contributed by atoms with Gasteiger partial charge in [0.05, 0.1) is 6.42 Å². The van der Waals surface area contributed by atoms with E-state index in [1.807, 2.05) is 12.1 Å². The summed E-state index contributed by atoms with van der Waals surface area (Å²) in [6.45, 7) is 3.72. The van der Waals surface area contributed by atoms with E-state index in [9.17, 15) is 19.5 Å². The van der Waals surface area contributed by atoms with Crippen LogP contribution in [0.5, 0.6) is 0 Å². The van der Waals surface area contributed by atoms with Crippen molar-refractivity contribution in [3.8, 4) is 0 Å². The maximum absolute atomic E-state index is 12.7. The van der Waals surface area contributed by atoms with Crippen molar-refractivity contribution in [1.82, 2.24) is 20.3 Å². The van der Waals surface area contributed by atoms with Gasteiger partial charge in [0.2, 0.25) is 5.91 Å². The number of aliphatic carboxylic acids is 1. The van der Waals surface area contributed by atoms with Gasteiger partial charge in [0.15, 0.2) is 0 Å². The Bertz CT molecular complexity index is 1340. The molecule has 1 fully saturated rings. The highest BCUT2D eigenvalue weighted by Crippen LogP contribution is 2.27. The first-order valence-corrected chi connectivity index (χ1v) is 13.0. The summed E-state index contributed by atoms with van der Waals surface area (Å²) in [6, 6.07) is 12.4. The summed E-state index contributed by atoms with van der Waals surface area (Å²) in [5.41, 5.74) is 1.94. The third-order valence-electron chi connectivity index (χ3n) is 6.31. The predicted octanol–water partition coefficient (Wildman–Crippen LogP) is 4.00. The van der Waals surface area contributed by atoms with Crippen molar-refractivity contribution in [3.05, 3.63) is 89.2 Å². The number of carbonyl (C=O) groups excluding carboxylic acids is 2. The highest BCUT2D eigenvalue weighted by atomic mass is 35.5. The average Bonchev–Trinajstić information content (AvgIpc) is 3.43. The molecule has 0 bridgehead atoms. The lowest BCUT2D eigenvalue weighted by Crippen LogP contribution is -2.40. The number of carbonyl (C=O) groups is 3. The zero-order chi connectivity index (χ0) is 27.8. The van der Waals surface area contributed by atoms with Gasteiger partial charge in [-0.25, -0.2) is 9.97 Å². The van der Waals surface area contributed by atoms with Crippen LogP contribution in [0.25, 0.3) is 0 Å². The van der Waals surface area contributed by atoms with Gasteiger partial charge < -0.3 is 20.6 Å². The number of carboxylic acid groups (broad SMARTS) is 1. The number of halogens is 1. The fourth-order valence-corrected chi connectivity index (χ4v) is 4.66. The maximum Gasteiger partial charge on any atom is 0.308 e. The minimum atomic E-state index is -1.10. The van der Waals surface area contributed by atoms with Crippen molar-refractivity contribution < 1.29 is 19.5 Å². The van der Waals surface area contributed by atoms with Gasteiger partial charge in [0, 0.05) is 29.9 Å². The summed E-state index contributed by atoms with van der Waals surface area (Å²) in [6.07, 6.45) is 6.92. The van der Waals surface area contributed by atoms with Crippen LogP contribution in [0.1, 0.15) is 53.1 Å². The van der Waals surface area contributed by atoms with Gasteiger partial charge in [-0.3, -0.25) is 19.4 Å². The van der Waals surface area contributed by atoms with Crippen molar-refractivity contribution in [3.63, 3.8) is 0 Å². The average molecular weight is 549 g/mol. The number of carboxylic acids is 1. The Morgan fingerprint density at radius 3 is 2.49 bits per heavy atom. The second-order valence-corrected chi connectivity index (χ2v) is 9.56. The molecule has 39 heavy (non-hydrogen) atoms. The number of amides is 2. The van der Waals surface area contributed by atoms with Gasteiger partial charge in [-0.05, 0) is 48.9 Å². The number of aromatic nitrogens is 3. The fraction of sp³-hybridized carbons (Fsp3) is 0.286. The number of nitrogens with zero attached hydrogens (tertiary/aromatic N) is 4. The van der Waals surface area contributed by atoms with Crippen LogP contribution in [0.2, 0.25) is 5.15 Å². The largest absolute Gasteiger partial charge is 0.481 e. The van der Waals surface area contributed by atoms with Crippen LogP contribution in [0.15, 0.2) is 61.4 Å². The molecular weight excluding hydrogens is 520 g/mol. The second-order valence-electron chi connectivity index (χ2n) is 9.21. The molecule has 11 heteroatoms. The Kier molecular flexibility index (Phi) is 9.22. The van der Waals surface area contributed by atoms with Gasteiger partial charge in [0.1, 0.15) is 29.0 Å². The molecule has 2 aromatic heterocycles. The van der Waals surface area contributed by atoms with E-state index in [0.29, 0.717) is 17.2 Å². The lowest BCUT2D eigenvalue weighted by molar-refractivity contribution is -0.136. The van der Waals surface area contributed by atoms with E-state index in [1.54, 1.807) is 36.5 Å². The molecule has 0 radical (unpaired) electrons. The van der Waals surface area contributed by atoms with Crippen LogP contribution in [0.3, 0.4) is 0 Å². The number of nitrogens with one attached hydrogen (secondary N) is 2. The first-order valence-electron chi connectivity index (χ1n) is 12.6. The van der Waals surface area contributed by atoms with Crippen molar-refractivity contribution >= 4 is 40.9 Å². The van der Waals surface area contributed by atoms with E-state index in [2.05, 4.69) is 32.2 Å². The van der Waals surface area contributed by atoms with E-state index < -0.39 is 12.4 Å². The van der Waals surface area contributed by atoms with E-state index in [0.717, 1.165) is 31.2 Å². The molecule has 4 rings (SSSR count). The lowest BCUT2D eigenvalue weighted by Gasteiger charge is -2.23. The quantitative estimate of drug-likeness (QED) is 0.306. The summed E-state index contributed by atoms with van der Waals surface area (Å²) < 4.78 is 0. The normalized spacial score (nSPS) is 13.1. The van der Waals surface area contributed by atoms with E-state index in [4.69, 9.17) is 11.6 Å². The molecule has 0 spiro atoms. The molecule has 1 aliphatic rings. The molecular formula is C28H29ClN6O4. The van der Waals surface area contributed by atoms with Gasteiger partial charge in [-0.2, -0.15) is 0 Å². The zero-order valence-corrected chi connectivity index (χ0v) is 22.0. The summed E-state index contributed by atoms with van der Waals surface area (Å²) in [5, 5.41) is 15.2. The molecule has 1 aromatic carbocycles. The molecule has 1 saturated carbocycles. The summed E-state index contributed by atoms with van der Waals surface area (Å²) in [4.78, 5) is 51.0. The number of rotatable bonds is 11. The third kappa shape index (κ3) is 7.61. The molecule has 0 unspecified atom stereocenters. The highest BCUT2D eigenvalue weighted by molar-refractivity contribution is 6.30. The van der Waals surface area contributed by atoms with Crippen molar-refractivity contribution in [2.45, 2.75) is 44.6 Å². The molecule has 3 aromatic rings. The molecule has 2 heterocycles. The molecule has 0 aliphatic heterocycles. The van der Waals surface area contributed by atoms with Crippen molar-refractivity contribution in [2.75, 3.05) is 16.8 Å². The van der Waals surface area contributed by atoms with E-state index in [-0.39, 0.29) is 47.4 Å². The molecule has 2 amide bonds. The Labute approximate surface area is 231 Å². The standard InChI is InChI=1S/C28H29ClN6O4/c1-2-35(17-24(36)31-19-7-3-4-8-19)27-21(16-25(37)38)26(29)33-23(34-27)15-18-10-12-20(13-11-18)32-28(39)22-9-5-6-14-30-22/h2,5-6,9-14,19H,1,3-4,7-8,15-17H2,(H,31,36)(H,32,39)(H,37,38). The maximum atomic E-state index is 12.7. The number of pyridine rings is 1. The van der Waals surface area contributed by atoms with Gasteiger partial charge in [0.25, 0.3) is 5.91 Å². The molecule has 3 N–H and O–H groups in total. The summed E-state index contributed by atoms with van der Waals surface area (Å²) >= 11 is 6.43. The Morgan fingerprint density at radius 1 is 1.10 bits per heavy atom. The Morgan fingerprint density at radius 2 is 1.85 bits per heavy atom. The molecule has 0 atom stereocenters. The zero-order valence-electron chi connectivity index (χ0n) is 21.3. The van der Waals surface area contributed by atoms with Crippen LogP contribution in [-0.4, -0.2) is 50.4 Å². The predicted molar refractivity (Wildman–Crippen MR) is 148 cm³/mol. The summed E-state index contributed by atoms with van der Waals surface area (Å²) in [7, 11) is 0. The van der Waals surface area contributed by atoms with E-state index in [1.165, 1.54) is 11.1 Å². The monoisotopic (exact) mass is 548 g/mol. The van der Waals surface area contributed by atoms with Crippen LogP contribution in [0.4, 0.5) is 11.5 Å². The Hall–Kier alpha value is -4.31.